The molecular formula is C17H13NO5S. The summed E-state index contributed by atoms with van der Waals surface area (Å²) in [6, 6.07) is 5.38. The van der Waals surface area contributed by atoms with Crippen LogP contribution < -0.4 is 5.32 Å². The molecule has 0 atom stereocenters. The normalized spacial score (nSPS) is 16.3. The van der Waals surface area contributed by atoms with Gasteiger partial charge in [0.1, 0.15) is 5.58 Å². The van der Waals surface area contributed by atoms with Gasteiger partial charge in [-0.3, -0.25) is 14.9 Å². The van der Waals surface area contributed by atoms with Crippen molar-refractivity contribution in [2.45, 2.75) is 6.92 Å². The first-order valence-electron chi connectivity index (χ1n) is 7.18. The predicted octanol–water partition coefficient (Wildman–Crippen LogP) is 3.33. The van der Waals surface area contributed by atoms with Gasteiger partial charge in [0.25, 0.3) is 11.1 Å². The zero-order valence-corrected chi connectivity index (χ0v) is 13.5. The molecule has 1 saturated heterocycles. The summed E-state index contributed by atoms with van der Waals surface area (Å²) in [7, 11) is 0. The van der Waals surface area contributed by atoms with Crippen LogP contribution in [0, 0.1) is 0 Å². The third-order valence-electron chi connectivity index (χ3n) is 3.25. The molecule has 6 nitrogen and oxygen atoms in total. The largest absolute Gasteiger partial charge is 0.464 e. The maximum absolute atomic E-state index is 11.6. The standard InChI is InChI=1S/C17H13NO5S/c1-2-22-15(19)6-4-11-9-23-13-5-3-10(7-12(11)13)8-14-16(20)18-17(21)24-14/h3-9H,2H2,1H3,(H,18,20,21)/b6-4+,14-8+. The van der Waals surface area contributed by atoms with Crippen LogP contribution in [0.5, 0.6) is 0 Å². The second kappa shape index (κ2) is 6.76. The van der Waals surface area contributed by atoms with Gasteiger partial charge in [-0.05, 0) is 48.5 Å². The van der Waals surface area contributed by atoms with Crippen molar-refractivity contribution in [3.8, 4) is 0 Å². The Hall–Kier alpha value is -2.80. The summed E-state index contributed by atoms with van der Waals surface area (Å²) in [5.41, 5.74) is 2.13. The number of hydrogen-bond donors (Lipinski definition) is 1. The minimum absolute atomic E-state index is 0.311. The summed E-state index contributed by atoms with van der Waals surface area (Å²) in [4.78, 5) is 34.6. The molecule has 7 heteroatoms. The molecule has 1 aliphatic rings. The number of hydrogen-bond acceptors (Lipinski definition) is 6. The van der Waals surface area contributed by atoms with E-state index >= 15 is 0 Å². The second-order valence-corrected chi connectivity index (χ2v) is 5.90. The van der Waals surface area contributed by atoms with Crippen LogP contribution in [-0.2, 0) is 14.3 Å². The van der Waals surface area contributed by atoms with Gasteiger partial charge in [0.05, 0.1) is 17.8 Å². The Morgan fingerprint density at radius 3 is 2.92 bits per heavy atom. The molecule has 0 unspecified atom stereocenters. The Morgan fingerprint density at radius 1 is 1.38 bits per heavy atom. The lowest BCUT2D eigenvalue weighted by Crippen LogP contribution is -2.17. The van der Waals surface area contributed by atoms with Gasteiger partial charge in [-0.2, -0.15) is 0 Å². The molecule has 1 fully saturated rings. The van der Waals surface area contributed by atoms with E-state index < -0.39 is 11.9 Å². The number of ether oxygens (including phenoxy) is 1. The third-order valence-corrected chi connectivity index (χ3v) is 4.06. The first kappa shape index (κ1) is 16.1. The van der Waals surface area contributed by atoms with Crippen LogP contribution in [0.15, 0.2) is 39.9 Å². The van der Waals surface area contributed by atoms with Crippen molar-refractivity contribution >= 4 is 52.0 Å². The van der Waals surface area contributed by atoms with E-state index in [1.165, 1.54) is 12.3 Å². The number of carbonyl (C=O) groups excluding carboxylic acids is 3. The number of furan rings is 1. The minimum Gasteiger partial charge on any atom is -0.464 e. The first-order chi connectivity index (χ1) is 11.6. The summed E-state index contributed by atoms with van der Waals surface area (Å²) in [5.74, 6) is -0.831. The topological polar surface area (TPSA) is 85.6 Å². The fourth-order valence-electron chi connectivity index (χ4n) is 2.21. The van der Waals surface area contributed by atoms with Crippen LogP contribution in [0.4, 0.5) is 4.79 Å². The number of thioether (sulfide) groups is 1. The van der Waals surface area contributed by atoms with Crippen molar-refractivity contribution in [1.29, 1.82) is 0 Å². The van der Waals surface area contributed by atoms with Crippen LogP contribution in [0.1, 0.15) is 18.1 Å². The maximum atomic E-state index is 11.6. The highest BCUT2D eigenvalue weighted by molar-refractivity contribution is 8.18. The number of esters is 1. The van der Waals surface area contributed by atoms with E-state index in [0.29, 0.717) is 17.1 Å². The van der Waals surface area contributed by atoms with E-state index in [9.17, 15) is 14.4 Å². The monoisotopic (exact) mass is 343 g/mol. The van der Waals surface area contributed by atoms with Crippen LogP contribution in [-0.4, -0.2) is 23.7 Å². The lowest BCUT2D eigenvalue weighted by molar-refractivity contribution is -0.137. The highest BCUT2D eigenvalue weighted by Gasteiger charge is 2.24. The number of amides is 2. The molecule has 0 bridgehead atoms. The Kier molecular flexibility index (Phi) is 4.52. The molecular weight excluding hydrogens is 330 g/mol. The van der Waals surface area contributed by atoms with E-state index in [4.69, 9.17) is 9.15 Å². The summed E-state index contributed by atoms with van der Waals surface area (Å²) >= 11 is 0.863. The van der Waals surface area contributed by atoms with Crippen molar-refractivity contribution in [3.63, 3.8) is 0 Å². The first-order valence-corrected chi connectivity index (χ1v) is 7.99. The number of nitrogens with one attached hydrogen (secondary N) is 1. The number of imide groups is 1. The molecule has 122 valence electrons. The van der Waals surface area contributed by atoms with Crippen LogP contribution in [0.3, 0.4) is 0 Å². The molecule has 0 radical (unpaired) electrons. The number of fused-ring (bicyclic) bond motifs is 1. The number of rotatable bonds is 4. The van der Waals surface area contributed by atoms with Crippen LogP contribution >= 0.6 is 11.8 Å². The Morgan fingerprint density at radius 2 is 2.21 bits per heavy atom. The zero-order valence-electron chi connectivity index (χ0n) is 12.7. The van der Waals surface area contributed by atoms with Crippen molar-refractivity contribution in [1.82, 2.24) is 5.32 Å². The van der Waals surface area contributed by atoms with E-state index in [1.807, 2.05) is 6.07 Å². The fraction of sp³-hybridized carbons (Fsp3) is 0.118. The lowest BCUT2D eigenvalue weighted by atomic mass is 10.1. The maximum Gasteiger partial charge on any atom is 0.330 e. The molecule has 1 aliphatic heterocycles. The summed E-state index contributed by atoms with van der Waals surface area (Å²) < 4.78 is 10.3. The van der Waals surface area contributed by atoms with E-state index in [2.05, 4.69) is 5.32 Å². The van der Waals surface area contributed by atoms with Crippen LogP contribution in [0.2, 0.25) is 0 Å². The van der Waals surface area contributed by atoms with Gasteiger partial charge >= 0.3 is 5.97 Å². The molecule has 0 aliphatic carbocycles. The van der Waals surface area contributed by atoms with Gasteiger partial charge in [0.15, 0.2) is 0 Å². The molecule has 2 aromatic rings. The van der Waals surface area contributed by atoms with E-state index in [0.717, 1.165) is 28.3 Å². The predicted molar refractivity (Wildman–Crippen MR) is 91.0 cm³/mol. The SMILES string of the molecule is CCOC(=O)/C=C/c1coc2ccc(/C=C3/SC(=O)NC3=O)cc12. The van der Waals surface area contributed by atoms with Crippen molar-refractivity contribution in [2.24, 2.45) is 0 Å². The molecule has 2 amide bonds. The highest BCUT2D eigenvalue weighted by atomic mass is 32.2. The third kappa shape index (κ3) is 3.41. The smallest absolute Gasteiger partial charge is 0.330 e. The average Bonchev–Trinajstić information content (AvgIpc) is 3.08. The average molecular weight is 343 g/mol. The van der Waals surface area contributed by atoms with Gasteiger partial charge in [-0.1, -0.05) is 6.07 Å². The van der Waals surface area contributed by atoms with Gasteiger partial charge in [-0.15, -0.1) is 0 Å². The van der Waals surface area contributed by atoms with E-state index in [-0.39, 0.29) is 5.24 Å². The lowest BCUT2D eigenvalue weighted by Gasteiger charge is -1.97. The molecule has 3 rings (SSSR count). The van der Waals surface area contributed by atoms with Gasteiger partial charge < -0.3 is 9.15 Å². The molecule has 2 heterocycles. The fourth-order valence-corrected chi connectivity index (χ4v) is 2.89. The Labute approximate surface area is 141 Å². The molecule has 24 heavy (non-hydrogen) atoms. The van der Waals surface area contributed by atoms with Gasteiger partial charge in [0.2, 0.25) is 0 Å². The number of benzene rings is 1. The Bertz CT molecular complexity index is 894. The molecule has 1 N–H and O–H groups in total. The molecule has 1 aromatic heterocycles. The second-order valence-electron chi connectivity index (χ2n) is 4.88. The number of carbonyl (C=O) groups is 3. The summed E-state index contributed by atoms with van der Waals surface area (Å²) in [6.07, 6.45) is 6.12. The minimum atomic E-state index is -0.428. The molecule has 0 spiro atoms. The van der Waals surface area contributed by atoms with Crippen molar-refractivity contribution < 1.29 is 23.5 Å². The molecule has 0 saturated carbocycles. The quantitative estimate of drug-likeness (QED) is 0.677. The summed E-state index contributed by atoms with van der Waals surface area (Å²) in [5, 5.41) is 2.62. The van der Waals surface area contributed by atoms with Crippen LogP contribution in [0.25, 0.3) is 23.1 Å². The van der Waals surface area contributed by atoms with Crippen molar-refractivity contribution in [3.05, 3.63) is 46.6 Å². The van der Waals surface area contributed by atoms with E-state index in [1.54, 1.807) is 31.2 Å². The Balaban J connectivity index is 1.91. The van der Waals surface area contributed by atoms with Gasteiger partial charge in [0, 0.05) is 17.0 Å². The zero-order chi connectivity index (χ0) is 17.1. The van der Waals surface area contributed by atoms with Gasteiger partial charge in [-0.25, -0.2) is 4.79 Å². The molecule has 1 aromatic carbocycles. The highest BCUT2D eigenvalue weighted by Crippen LogP contribution is 2.28. The van der Waals surface area contributed by atoms with Crippen molar-refractivity contribution in [2.75, 3.05) is 6.61 Å². The summed E-state index contributed by atoms with van der Waals surface area (Å²) in [6.45, 7) is 2.05.